The highest BCUT2D eigenvalue weighted by Crippen LogP contribution is 2.32. The number of rotatable bonds is 9. The second-order valence-corrected chi connectivity index (χ2v) is 8.32. The maximum Gasteiger partial charge on any atom is 0.131 e. The molecule has 5 nitrogen and oxygen atoms in total. The molecule has 3 rings (SSSR count). The quantitative estimate of drug-likeness (QED) is 0.673. The van der Waals surface area contributed by atoms with E-state index in [0.29, 0.717) is 11.9 Å². The fraction of sp³-hybridized carbons (Fsp3) is 0.727. The van der Waals surface area contributed by atoms with Crippen molar-refractivity contribution in [1.29, 1.82) is 0 Å². The fourth-order valence-corrected chi connectivity index (χ4v) is 4.16. The number of fused-ring (bicyclic) bond motifs is 1. The standard InChI is InChI=1S/C22H37N5/c1-4-5-9-20-24-21-18(10-11-19(21)22(23)25-20)8-6-7-12-26-13-15-27(16-14-26)17(2)3/h10,17H,4-9,11-16H2,1-3H3,(H2,23,24,25). The summed E-state index contributed by atoms with van der Waals surface area (Å²) in [7, 11) is 0. The van der Waals surface area contributed by atoms with Gasteiger partial charge in [0.25, 0.3) is 0 Å². The molecule has 0 amide bonds. The van der Waals surface area contributed by atoms with Crippen LogP contribution in [0, 0.1) is 0 Å². The lowest BCUT2D eigenvalue weighted by atomic mass is 10.1. The van der Waals surface area contributed by atoms with Crippen molar-refractivity contribution in [3.8, 4) is 0 Å². The largest absolute Gasteiger partial charge is 0.383 e. The molecule has 0 spiro atoms. The van der Waals surface area contributed by atoms with Crippen LogP contribution in [-0.2, 0) is 12.8 Å². The smallest absolute Gasteiger partial charge is 0.131 e. The van der Waals surface area contributed by atoms with Gasteiger partial charge >= 0.3 is 0 Å². The summed E-state index contributed by atoms with van der Waals surface area (Å²) < 4.78 is 0. The van der Waals surface area contributed by atoms with Gasteiger partial charge in [0.15, 0.2) is 0 Å². The zero-order chi connectivity index (χ0) is 19.2. The number of hydrogen-bond donors (Lipinski definition) is 1. The summed E-state index contributed by atoms with van der Waals surface area (Å²) in [4.78, 5) is 14.6. The highest BCUT2D eigenvalue weighted by Gasteiger charge is 2.21. The first-order chi connectivity index (χ1) is 13.1. The molecule has 2 N–H and O–H groups in total. The van der Waals surface area contributed by atoms with E-state index in [0.717, 1.165) is 49.2 Å². The average molecular weight is 372 g/mol. The zero-order valence-corrected chi connectivity index (χ0v) is 17.5. The van der Waals surface area contributed by atoms with Crippen LogP contribution < -0.4 is 5.73 Å². The number of piperazine rings is 1. The highest BCUT2D eigenvalue weighted by atomic mass is 15.3. The molecular formula is C22H37N5. The molecule has 0 radical (unpaired) electrons. The van der Waals surface area contributed by atoms with Crippen molar-refractivity contribution in [2.45, 2.75) is 71.8 Å². The van der Waals surface area contributed by atoms with Crippen molar-refractivity contribution < 1.29 is 0 Å². The van der Waals surface area contributed by atoms with E-state index < -0.39 is 0 Å². The number of aryl methyl sites for hydroxylation is 1. The number of nitrogens with zero attached hydrogens (tertiary/aromatic N) is 4. The predicted octanol–water partition coefficient (Wildman–Crippen LogP) is 3.54. The molecule has 1 aliphatic carbocycles. The maximum absolute atomic E-state index is 6.20. The third-order valence-electron chi connectivity index (χ3n) is 6.00. The molecule has 2 heterocycles. The van der Waals surface area contributed by atoms with Crippen molar-refractivity contribution >= 4 is 11.4 Å². The summed E-state index contributed by atoms with van der Waals surface area (Å²) in [5.74, 6) is 1.62. The molecule has 0 bridgehead atoms. The summed E-state index contributed by atoms with van der Waals surface area (Å²) in [5, 5.41) is 0. The van der Waals surface area contributed by atoms with E-state index in [1.807, 2.05) is 0 Å². The lowest BCUT2D eigenvalue weighted by molar-refractivity contribution is 0.107. The van der Waals surface area contributed by atoms with E-state index in [9.17, 15) is 0 Å². The fourth-order valence-electron chi connectivity index (χ4n) is 4.16. The van der Waals surface area contributed by atoms with Gasteiger partial charge in [0.05, 0.1) is 5.69 Å². The average Bonchev–Trinajstić information content (AvgIpc) is 3.07. The molecule has 1 fully saturated rings. The molecule has 0 saturated carbocycles. The van der Waals surface area contributed by atoms with Crippen molar-refractivity contribution in [3.63, 3.8) is 0 Å². The molecule has 0 unspecified atom stereocenters. The molecule has 1 saturated heterocycles. The van der Waals surface area contributed by atoms with Gasteiger partial charge in [-0.05, 0) is 58.1 Å². The number of unbranched alkanes of at least 4 members (excludes halogenated alkanes) is 2. The van der Waals surface area contributed by atoms with E-state index in [1.54, 1.807) is 0 Å². The normalized spacial score (nSPS) is 18.1. The first kappa shape index (κ1) is 20.3. The second-order valence-electron chi connectivity index (χ2n) is 8.32. The minimum Gasteiger partial charge on any atom is -0.383 e. The van der Waals surface area contributed by atoms with Gasteiger partial charge in [-0.2, -0.15) is 0 Å². The predicted molar refractivity (Wildman–Crippen MR) is 114 cm³/mol. The van der Waals surface area contributed by atoms with Crippen LogP contribution in [0.1, 0.15) is 70.0 Å². The Morgan fingerprint density at radius 2 is 1.81 bits per heavy atom. The Hall–Kier alpha value is -1.46. The van der Waals surface area contributed by atoms with E-state index in [-0.39, 0.29) is 0 Å². The van der Waals surface area contributed by atoms with Crippen LogP contribution >= 0.6 is 0 Å². The van der Waals surface area contributed by atoms with Gasteiger partial charge in [-0.1, -0.05) is 19.4 Å². The van der Waals surface area contributed by atoms with Crippen LogP contribution in [0.2, 0.25) is 0 Å². The van der Waals surface area contributed by atoms with Crippen LogP contribution in [-0.4, -0.2) is 58.5 Å². The summed E-state index contributed by atoms with van der Waals surface area (Å²) in [6, 6.07) is 0.679. The Morgan fingerprint density at radius 3 is 2.52 bits per heavy atom. The Balaban J connectivity index is 1.45. The Labute approximate surface area is 165 Å². The SMILES string of the molecule is CCCCc1nc(N)c2c(n1)C(CCCCN1CCN(C(C)C)CC1)=CC2. The van der Waals surface area contributed by atoms with Crippen LogP contribution in [0.25, 0.3) is 5.57 Å². The number of allylic oxidation sites excluding steroid dienone is 2. The lowest BCUT2D eigenvalue weighted by Gasteiger charge is -2.36. The summed E-state index contributed by atoms with van der Waals surface area (Å²) in [5.41, 5.74) is 9.87. The second kappa shape index (κ2) is 9.65. The molecule has 5 heteroatoms. The van der Waals surface area contributed by atoms with Crippen molar-refractivity contribution in [3.05, 3.63) is 23.2 Å². The Bertz CT molecular complexity index is 644. The maximum atomic E-state index is 6.20. The molecule has 1 aliphatic heterocycles. The number of nitrogens with two attached hydrogens (primary N) is 1. The van der Waals surface area contributed by atoms with Crippen molar-refractivity contribution in [2.75, 3.05) is 38.5 Å². The summed E-state index contributed by atoms with van der Waals surface area (Å²) >= 11 is 0. The van der Waals surface area contributed by atoms with E-state index in [2.05, 4.69) is 41.6 Å². The minimum absolute atomic E-state index is 0.679. The Kier molecular flexibility index (Phi) is 7.25. The molecule has 1 aromatic heterocycles. The minimum atomic E-state index is 0.679. The number of anilines is 1. The van der Waals surface area contributed by atoms with Crippen molar-refractivity contribution in [2.24, 2.45) is 0 Å². The first-order valence-corrected chi connectivity index (χ1v) is 10.9. The third kappa shape index (κ3) is 5.29. The van der Waals surface area contributed by atoms with Crippen LogP contribution in [0.4, 0.5) is 5.82 Å². The molecular weight excluding hydrogens is 334 g/mol. The monoisotopic (exact) mass is 371 g/mol. The number of hydrogen-bond acceptors (Lipinski definition) is 5. The molecule has 150 valence electrons. The van der Waals surface area contributed by atoms with Gasteiger partial charge in [-0.15, -0.1) is 0 Å². The van der Waals surface area contributed by atoms with E-state index in [4.69, 9.17) is 10.7 Å². The molecule has 27 heavy (non-hydrogen) atoms. The first-order valence-electron chi connectivity index (χ1n) is 10.9. The van der Waals surface area contributed by atoms with Gasteiger partial charge < -0.3 is 10.6 Å². The van der Waals surface area contributed by atoms with Crippen LogP contribution in [0.5, 0.6) is 0 Å². The van der Waals surface area contributed by atoms with Crippen LogP contribution in [0.3, 0.4) is 0 Å². The van der Waals surface area contributed by atoms with Crippen LogP contribution in [0.15, 0.2) is 6.08 Å². The van der Waals surface area contributed by atoms with Gasteiger partial charge in [-0.3, -0.25) is 4.90 Å². The topological polar surface area (TPSA) is 58.3 Å². The number of nitrogen functional groups attached to an aromatic ring is 1. The lowest BCUT2D eigenvalue weighted by Crippen LogP contribution is -2.48. The van der Waals surface area contributed by atoms with Gasteiger partial charge in [0, 0.05) is 44.2 Å². The molecule has 0 atom stereocenters. The van der Waals surface area contributed by atoms with Gasteiger partial charge in [0.1, 0.15) is 11.6 Å². The third-order valence-corrected chi connectivity index (χ3v) is 6.00. The Morgan fingerprint density at radius 1 is 1.04 bits per heavy atom. The highest BCUT2D eigenvalue weighted by molar-refractivity contribution is 5.73. The summed E-state index contributed by atoms with van der Waals surface area (Å²) in [6.45, 7) is 12.9. The van der Waals surface area contributed by atoms with Gasteiger partial charge in [-0.25, -0.2) is 9.97 Å². The zero-order valence-electron chi connectivity index (χ0n) is 17.5. The number of aromatic nitrogens is 2. The van der Waals surface area contributed by atoms with Crippen molar-refractivity contribution in [1.82, 2.24) is 19.8 Å². The summed E-state index contributed by atoms with van der Waals surface area (Å²) in [6.07, 6.45) is 10.0. The molecule has 2 aliphatic rings. The molecule has 1 aromatic rings. The van der Waals surface area contributed by atoms with E-state index >= 15 is 0 Å². The van der Waals surface area contributed by atoms with E-state index in [1.165, 1.54) is 51.1 Å². The van der Waals surface area contributed by atoms with Gasteiger partial charge in [0.2, 0.25) is 0 Å². The molecule has 0 aromatic carbocycles.